The molecule has 3 fully saturated rings. The first-order valence-electron chi connectivity index (χ1n) is 11.3. The van der Waals surface area contributed by atoms with Gasteiger partial charge in [0.2, 0.25) is 15.9 Å². The van der Waals surface area contributed by atoms with Gasteiger partial charge >= 0.3 is 0 Å². The van der Waals surface area contributed by atoms with E-state index in [1.165, 1.54) is 4.31 Å². The lowest BCUT2D eigenvalue weighted by atomic mass is 10.1. The Balaban J connectivity index is 1.40. The quantitative estimate of drug-likeness (QED) is 0.569. The van der Waals surface area contributed by atoms with E-state index in [1.54, 1.807) is 13.8 Å². The molecule has 32 heavy (non-hydrogen) atoms. The second-order valence-electron chi connectivity index (χ2n) is 9.13. The van der Waals surface area contributed by atoms with Gasteiger partial charge in [0.15, 0.2) is 15.6 Å². The maximum Gasteiger partial charge on any atom is 0.248 e. The van der Waals surface area contributed by atoms with Crippen LogP contribution in [0.4, 0.5) is 0 Å². The first-order chi connectivity index (χ1) is 15.1. The molecule has 10 nitrogen and oxygen atoms in total. The van der Waals surface area contributed by atoms with E-state index in [4.69, 9.17) is 4.52 Å². The highest BCUT2D eigenvalue weighted by Crippen LogP contribution is 2.30. The third-order valence-electron chi connectivity index (χ3n) is 6.86. The van der Waals surface area contributed by atoms with Crippen LogP contribution in [-0.4, -0.2) is 98.3 Å². The molecule has 3 heterocycles. The second kappa shape index (κ2) is 9.03. The highest BCUT2D eigenvalue weighted by molar-refractivity contribution is 7.91. The SMILES string of the molecule is Cc1noc(C)c1S(=O)(=O)N1CCN(CC(=O)N(C2CCCC2)[C@@H]2CCS(=O)(=O)C2)CC1. The first-order valence-corrected chi connectivity index (χ1v) is 14.5. The molecule has 0 unspecified atom stereocenters. The number of hydrogen-bond acceptors (Lipinski definition) is 8. The fourth-order valence-electron chi connectivity index (χ4n) is 5.26. The maximum absolute atomic E-state index is 13.3. The van der Waals surface area contributed by atoms with E-state index in [2.05, 4.69) is 5.16 Å². The average molecular weight is 489 g/mol. The fraction of sp³-hybridized carbons (Fsp3) is 0.800. The minimum atomic E-state index is -3.70. The Bertz CT molecular complexity index is 1030. The van der Waals surface area contributed by atoms with Crippen LogP contribution >= 0.6 is 0 Å². The van der Waals surface area contributed by atoms with Gasteiger partial charge in [0.25, 0.3) is 0 Å². The van der Waals surface area contributed by atoms with Gasteiger partial charge in [-0.3, -0.25) is 9.69 Å². The van der Waals surface area contributed by atoms with Crippen LogP contribution in [0.2, 0.25) is 0 Å². The van der Waals surface area contributed by atoms with Crippen LogP contribution in [0.3, 0.4) is 0 Å². The van der Waals surface area contributed by atoms with Gasteiger partial charge in [-0.15, -0.1) is 0 Å². The van der Waals surface area contributed by atoms with Crippen molar-refractivity contribution >= 4 is 25.8 Å². The topological polar surface area (TPSA) is 121 Å². The van der Waals surface area contributed by atoms with Gasteiger partial charge in [0.05, 0.1) is 18.1 Å². The Kier molecular flexibility index (Phi) is 6.68. The molecule has 3 aliphatic rings. The molecule has 0 N–H and O–H groups in total. The van der Waals surface area contributed by atoms with Crippen LogP contribution in [0, 0.1) is 13.8 Å². The van der Waals surface area contributed by atoms with Crippen molar-refractivity contribution in [1.29, 1.82) is 0 Å². The largest absolute Gasteiger partial charge is 0.360 e. The normalized spacial score (nSPS) is 25.4. The number of aryl methyl sites for hydroxylation is 2. The van der Waals surface area contributed by atoms with E-state index in [0.29, 0.717) is 25.2 Å². The smallest absolute Gasteiger partial charge is 0.248 e. The van der Waals surface area contributed by atoms with Crippen molar-refractivity contribution in [3.8, 4) is 0 Å². The van der Waals surface area contributed by atoms with E-state index in [1.807, 2.05) is 9.80 Å². The molecule has 1 aromatic heterocycles. The summed E-state index contributed by atoms with van der Waals surface area (Å²) in [5.41, 5.74) is 0.346. The molecular formula is C20H32N4O6S2. The number of sulfonamides is 1. The molecule has 1 aliphatic carbocycles. The Hall–Kier alpha value is -1.50. The molecule has 1 atom stereocenters. The zero-order valence-electron chi connectivity index (χ0n) is 18.7. The Morgan fingerprint density at radius 1 is 1.09 bits per heavy atom. The summed E-state index contributed by atoms with van der Waals surface area (Å²) in [6.45, 7) is 4.82. The highest BCUT2D eigenvalue weighted by atomic mass is 32.2. The molecule has 1 aromatic rings. The van der Waals surface area contributed by atoms with Gasteiger partial charge in [-0.25, -0.2) is 16.8 Å². The van der Waals surface area contributed by atoms with Gasteiger partial charge in [-0.05, 0) is 33.1 Å². The van der Waals surface area contributed by atoms with Crippen LogP contribution in [-0.2, 0) is 24.7 Å². The number of carbonyl (C=O) groups is 1. The van der Waals surface area contributed by atoms with Crippen LogP contribution in [0.1, 0.15) is 43.6 Å². The molecule has 0 spiro atoms. The lowest BCUT2D eigenvalue weighted by Crippen LogP contribution is -2.54. The van der Waals surface area contributed by atoms with Crippen LogP contribution < -0.4 is 0 Å². The van der Waals surface area contributed by atoms with Crippen molar-refractivity contribution in [2.75, 3.05) is 44.2 Å². The zero-order chi connectivity index (χ0) is 23.1. The summed E-state index contributed by atoms with van der Waals surface area (Å²) < 4.78 is 56.5. The number of carbonyl (C=O) groups excluding carboxylic acids is 1. The van der Waals surface area contributed by atoms with E-state index in [9.17, 15) is 21.6 Å². The molecule has 180 valence electrons. The molecule has 2 aliphatic heterocycles. The Morgan fingerprint density at radius 3 is 2.28 bits per heavy atom. The number of sulfone groups is 1. The Labute approximate surface area is 189 Å². The summed E-state index contributed by atoms with van der Waals surface area (Å²) in [5.74, 6) is 0.435. The molecule has 0 radical (unpaired) electrons. The molecule has 1 saturated carbocycles. The lowest BCUT2D eigenvalue weighted by Gasteiger charge is -2.38. The average Bonchev–Trinajstić information content (AvgIpc) is 3.44. The number of rotatable bonds is 6. The number of hydrogen-bond donors (Lipinski definition) is 0. The zero-order valence-corrected chi connectivity index (χ0v) is 20.3. The minimum absolute atomic E-state index is 0.0407. The second-order valence-corrected chi connectivity index (χ2v) is 13.2. The van der Waals surface area contributed by atoms with E-state index >= 15 is 0 Å². The molecule has 12 heteroatoms. The van der Waals surface area contributed by atoms with Gasteiger partial charge in [-0.1, -0.05) is 18.0 Å². The predicted octanol–water partition coefficient (Wildman–Crippen LogP) is 0.556. The lowest BCUT2D eigenvalue weighted by molar-refractivity contribution is -0.137. The molecular weight excluding hydrogens is 456 g/mol. The van der Waals surface area contributed by atoms with Crippen LogP contribution in [0.5, 0.6) is 0 Å². The third-order valence-corrected chi connectivity index (χ3v) is 10.8. The number of aromatic nitrogens is 1. The van der Waals surface area contributed by atoms with Crippen molar-refractivity contribution in [3.63, 3.8) is 0 Å². The van der Waals surface area contributed by atoms with Crippen LogP contribution in [0.15, 0.2) is 9.42 Å². The highest BCUT2D eigenvalue weighted by Gasteiger charge is 2.40. The predicted molar refractivity (Wildman–Crippen MR) is 117 cm³/mol. The summed E-state index contributed by atoms with van der Waals surface area (Å²) in [4.78, 5) is 17.2. The van der Waals surface area contributed by atoms with E-state index in [-0.39, 0.29) is 59.8 Å². The summed E-state index contributed by atoms with van der Waals surface area (Å²) in [6.07, 6.45) is 4.48. The van der Waals surface area contributed by atoms with Crippen molar-refractivity contribution in [2.24, 2.45) is 0 Å². The monoisotopic (exact) mass is 488 g/mol. The van der Waals surface area contributed by atoms with Crippen molar-refractivity contribution in [1.82, 2.24) is 19.3 Å². The molecule has 0 aromatic carbocycles. The molecule has 2 saturated heterocycles. The fourth-order valence-corrected chi connectivity index (χ4v) is 8.68. The Morgan fingerprint density at radius 2 is 1.75 bits per heavy atom. The van der Waals surface area contributed by atoms with Gasteiger partial charge in [0, 0.05) is 38.3 Å². The third kappa shape index (κ3) is 4.73. The standard InChI is InChI=1S/C20H32N4O6S2/c1-15-20(16(2)30-21-15)32(28,29)23-10-8-22(9-11-23)13-19(25)24(17-5-3-4-6-17)18-7-12-31(26,27)14-18/h17-18H,3-14H2,1-2H3/t18-/m1/s1. The number of amides is 1. The van der Waals surface area contributed by atoms with E-state index in [0.717, 1.165) is 25.7 Å². The van der Waals surface area contributed by atoms with Gasteiger partial charge in [-0.2, -0.15) is 4.31 Å². The molecule has 1 amide bonds. The summed E-state index contributed by atoms with van der Waals surface area (Å²) in [7, 11) is -6.78. The first kappa shape index (κ1) is 23.7. The minimum Gasteiger partial charge on any atom is -0.360 e. The number of piperazine rings is 1. The molecule has 4 rings (SSSR count). The van der Waals surface area contributed by atoms with Gasteiger partial charge < -0.3 is 9.42 Å². The maximum atomic E-state index is 13.3. The van der Waals surface area contributed by atoms with Crippen LogP contribution in [0.25, 0.3) is 0 Å². The number of nitrogens with zero attached hydrogens (tertiary/aromatic N) is 4. The summed E-state index contributed by atoms with van der Waals surface area (Å²) >= 11 is 0. The van der Waals surface area contributed by atoms with Crippen molar-refractivity contribution < 1.29 is 26.2 Å². The van der Waals surface area contributed by atoms with Crippen molar-refractivity contribution in [3.05, 3.63) is 11.5 Å². The summed E-state index contributed by atoms with van der Waals surface area (Å²) in [6, 6.07) is -0.126. The van der Waals surface area contributed by atoms with E-state index < -0.39 is 19.9 Å². The van der Waals surface area contributed by atoms with Gasteiger partial charge in [0.1, 0.15) is 10.6 Å². The molecule has 0 bridgehead atoms. The van der Waals surface area contributed by atoms with Crippen molar-refractivity contribution in [2.45, 2.75) is 62.9 Å². The summed E-state index contributed by atoms with van der Waals surface area (Å²) in [5, 5.41) is 3.75.